The third-order valence-corrected chi connectivity index (χ3v) is 13.2. The summed E-state index contributed by atoms with van der Waals surface area (Å²) in [5.41, 5.74) is 11.8. The van der Waals surface area contributed by atoms with Crippen LogP contribution < -0.4 is 15.5 Å². The normalized spacial score (nSPS) is 17.1. The van der Waals surface area contributed by atoms with Crippen LogP contribution in [0.4, 0.5) is 20.4 Å². The van der Waals surface area contributed by atoms with Crippen LogP contribution in [0, 0.1) is 30.4 Å². The van der Waals surface area contributed by atoms with E-state index in [0.29, 0.717) is 36.8 Å². The van der Waals surface area contributed by atoms with Gasteiger partial charge in [-0.2, -0.15) is 5.10 Å². The van der Waals surface area contributed by atoms with Crippen LogP contribution >= 0.6 is 0 Å². The van der Waals surface area contributed by atoms with Gasteiger partial charge in [0, 0.05) is 102 Å². The second-order valence-electron chi connectivity index (χ2n) is 17.5. The molecule has 2 bridgehead atoms. The van der Waals surface area contributed by atoms with Gasteiger partial charge >= 0.3 is 0 Å². The van der Waals surface area contributed by atoms with Crippen molar-refractivity contribution in [2.75, 3.05) is 36.4 Å². The monoisotopic (exact) mass is 826 g/mol. The van der Waals surface area contributed by atoms with E-state index in [1.54, 1.807) is 0 Å². The van der Waals surface area contributed by atoms with Gasteiger partial charge in [-0.3, -0.25) is 9.67 Å². The number of hydrogen-bond acceptors (Lipinski definition) is 7. The maximum Gasteiger partial charge on any atom is 0.208 e. The van der Waals surface area contributed by atoms with Crippen molar-refractivity contribution in [2.24, 2.45) is 18.9 Å². The number of rotatable bonds is 11. The molecule has 8 rings (SSSR count). The Balaban J connectivity index is 0.897. The van der Waals surface area contributed by atoms with Crippen LogP contribution in [-0.4, -0.2) is 55.4 Å². The average Bonchev–Trinajstić information content (AvgIpc) is 3.75. The number of fused-ring (bicyclic) bond motifs is 7. The van der Waals surface area contributed by atoms with Crippen molar-refractivity contribution in [1.29, 1.82) is 0 Å². The Morgan fingerprint density at radius 1 is 0.984 bits per heavy atom. The van der Waals surface area contributed by atoms with Crippen LogP contribution in [0.3, 0.4) is 0 Å². The van der Waals surface area contributed by atoms with Crippen LogP contribution in [0.1, 0.15) is 92.3 Å². The van der Waals surface area contributed by atoms with Crippen molar-refractivity contribution >= 4 is 28.4 Å². The Hall–Kier alpha value is -5.71. The minimum atomic E-state index is -0.530. The van der Waals surface area contributed by atoms with Gasteiger partial charge in [0.25, 0.3) is 0 Å². The predicted octanol–water partition coefficient (Wildman–Crippen LogP) is 10.7. The largest absolute Gasteiger partial charge is 0.375 e. The maximum atomic E-state index is 15.5. The van der Waals surface area contributed by atoms with Gasteiger partial charge < -0.3 is 25.0 Å². The van der Waals surface area contributed by atoms with Gasteiger partial charge in [-0.05, 0) is 106 Å². The molecule has 2 N–H and O–H groups in total. The van der Waals surface area contributed by atoms with Crippen molar-refractivity contribution in [3.63, 3.8) is 0 Å². The summed E-state index contributed by atoms with van der Waals surface area (Å²) in [5, 5.41) is 11.1. The number of anilines is 2. The number of piperidine rings is 1. The summed E-state index contributed by atoms with van der Waals surface area (Å²) in [7, 11) is 2.02. The van der Waals surface area contributed by atoms with Gasteiger partial charge in [-0.15, -0.1) is 0 Å². The summed E-state index contributed by atoms with van der Waals surface area (Å²) in [6.07, 6.45) is 13.4. The van der Waals surface area contributed by atoms with Crippen molar-refractivity contribution in [2.45, 2.75) is 90.5 Å². The topological polar surface area (TPSA) is 79.1 Å². The molecule has 0 radical (unpaired) electrons. The Labute approximate surface area is 360 Å². The Morgan fingerprint density at radius 3 is 2.48 bits per heavy atom. The van der Waals surface area contributed by atoms with Crippen LogP contribution in [0.15, 0.2) is 92.6 Å². The summed E-state index contributed by atoms with van der Waals surface area (Å²) in [6, 6.07) is 13.9. The molecule has 320 valence electrons. The van der Waals surface area contributed by atoms with Gasteiger partial charge in [0.05, 0.1) is 22.9 Å². The molecular formula is C50H61F2N9. The van der Waals surface area contributed by atoms with Gasteiger partial charge in [0.15, 0.2) is 0 Å². The summed E-state index contributed by atoms with van der Waals surface area (Å²) >= 11 is 0. The standard InChI is InChI=1S/C50H61F2N9/c1-8-14-41(34(5)53-9-2)49-43(51)27-40(28-44(49)52)60-30-39(31-60)35(6)59-21-18-36(19-22-59)24-37-16-17-45-48(25-37)61-20-13-11-10-12-15-47-42(29-54-58(47)7)46-26-38(23-32(3)55-46)33(4)56-50(61)57-45/h9,16-17,23,25-29,36,39,41,53H,2,4-6,8,10-15,18-22,24,30-31H2,1,3,7H3,(H,56,57)/t41-/m0/s1. The minimum absolute atomic E-state index is 0.0696. The van der Waals surface area contributed by atoms with Crippen LogP contribution in [-0.2, 0) is 26.4 Å². The van der Waals surface area contributed by atoms with E-state index in [2.05, 4.69) is 81.8 Å². The number of hydrogen-bond donors (Lipinski definition) is 2. The molecule has 61 heavy (non-hydrogen) atoms. The number of aromatic nitrogens is 5. The zero-order valence-electron chi connectivity index (χ0n) is 36.2. The summed E-state index contributed by atoms with van der Waals surface area (Å²) in [6.45, 7) is 24.9. The van der Waals surface area contributed by atoms with Crippen molar-refractivity contribution in [1.82, 2.24) is 34.5 Å². The molecule has 3 aromatic heterocycles. The highest BCUT2D eigenvalue weighted by atomic mass is 19.1. The molecule has 2 fully saturated rings. The van der Waals surface area contributed by atoms with Crippen molar-refractivity contribution < 1.29 is 8.78 Å². The molecule has 3 aliphatic heterocycles. The highest BCUT2D eigenvalue weighted by Crippen LogP contribution is 2.38. The Morgan fingerprint density at radius 2 is 1.74 bits per heavy atom. The van der Waals surface area contributed by atoms with Crippen molar-refractivity contribution in [3.8, 4) is 11.3 Å². The van der Waals surface area contributed by atoms with Crippen LogP contribution in [0.5, 0.6) is 0 Å². The molecule has 0 spiro atoms. The molecule has 0 amide bonds. The van der Waals surface area contributed by atoms with E-state index < -0.39 is 17.6 Å². The molecular weight excluding hydrogens is 765 g/mol. The number of halogens is 2. The quantitative estimate of drug-likeness (QED) is 0.137. The second-order valence-corrected chi connectivity index (χ2v) is 17.5. The smallest absolute Gasteiger partial charge is 0.208 e. The maximum absolute atomic E-state index is 15.5. The number of likely N-dealkylation sites (tertiary alicyclic amines) is 1. The fourth-order valence-corrected chi connectivity index (χ4v) is 9.71. The van der Waals surface area contributed by atoms with Gasteiger partial charge in [-0.1, -0.05) is 58.6 Å². The number of pyridine rings is 1. The molecule has 0 saturated carbocycles. The molecule has 5 aromatic rings. The van der Waals surface area contributed by atoms with E-state index in [9.17, 15) is 0 Å². The minimum Gasteiger partial charge on any atom is -0.375 e. The third kappa shape index (κ3) is 8.88. The molecule has 1 atom stereocenters. The molecule has 0 aliphatic carbocycles. The first-order valence-corrected chi connectivity index (χ1v) is 22.2. The summed E-state index contributed by atoms with van der Waals surface area (Å²) in [5.74, 6) is 0.134. The lowest BCUT2D eigenvalue weighted by molar-refractivity contribution is 0.199. The summed E-state index contributed by atoms with van der Waals surface area (Å²) < 4.78 is 35.3. The highest BCUT2D eigenvalue weighted by molar-refractivity contribution is 5.83. The number of benzene rings is 2. The predicted molar refractivity (Wildman–Crippen MR) is 245 cm³/mol. The SMILES string of the molecule is C=CNC(=C)[C@H](CCC)c1c(F)cc(N2CC(C(=C)N3CCC(Cc4ccc5nc6n(c5c4)CCCCCCc4c(cnn4C)-c4cc(cc(C)n4)C(=C)N6)CC3)C2)cc1F. The fraction of sp³-hybridized carbons (Fsp3) is 0.420. The lowest BCUT2D eigenvalue weighted by Crippen LogP contribution is -2.51. The van der Waals surface area contributed by atoms with E-state index in [1.807, 2.05) is 36.7 Å². The first kappa shape index (κ1) is 42.0. The molecule has 3 aliphatic rings. The number of imidazole rings is 1. The van der Waals surface area contributed by atoms with Crippen molar-refractivity contribution in [3.05, 3.63) is 132 Å². The van der Waals surface area contributed by atoms with E-state index in [-0.39, 0.29) is 11.5 Å². The van der Waals surface area contributed by atoms with Crippen LogP contribution in [0.25, 0.3) is 28.0 Å². The van der Waals surface area contributed by atoms with Crippen LogP contribution in [0.2, 0.25) is 0 Å². The van der Waals surface area contributed by atoms with E-state index in [4.69, 9.17) is 9.97 Å². The zero-order chi connectivity index (χ0) is 42.8. The van der Waals surface area contributed by atoms with E-state index in [0.717, 1.165) is 128 Å². The molecule has 11 heteroatoms. The number of nitrogens with zero attached hydrogens (tertiary/aromatic N) is 7. The third-order valence-electron chi connectivity index (χ3n) is 13.2. The van der Waals surface area contributed by atoms with Gasteiger partial charge in [-0.25, -0.2) is 13.8 Å². The van der Waals surface area contributed by atoms with Gasteiger partial charge in [0.2, 0.25) is 5.95 Å². The molecule has 2 saturated heterocycles. The zero-order valence-corrected chi connectivity index (χ0v) is 36.2. The summed E-state index contributed by atoms with van der Waals surface area (Å²) in [4.78, 5) is 14.5. The lowest BCUT2D eigenvalue weighted by atomic mass is 9.87. The lowest BCUT2D eigenvalue weighted by Gasteiger charge is -2.46. The molecule has 9 nitrogen and oxygen atoms in total. The first-order chi connectivity index (χ1) is 29.5. The van der Waals surface area contributed by atoms with E-state index in [1.165, 1.54) is 29.6 Å². The molecule has 0 unspecified atom stereocenters. The number of nitrogens with one attached hydrogen (secondary N) is 2. The number of allylic oxidation sites excluding steroid dienone is 1. The van der Waals surface area contributed by atoms with Gasteiger partial charge in [0.1, 0.15) is 11.6 Å². The first-order valence-electron chi connectivity index (χ1n) is 22.2. The second kappa shape index (κ2) is 18.1. The Bertz CT molecular complexity index is 2420. The average molecular weight is 826 g/mol. The Kier molecular flexibility index (Phi) is 12.5. The van der Waals surface area contributed by atoms with E-state index >= 15 is 8.78 Å². The molecule has 6 heterocycles. The fourth-order valence-electron chi connectivity index (χ4n) is 9.71. The highest BCUT2D eigenvalue weighted by Gasteiger charge is 2.34. The molecule has 2 aromatic carbocycles. The number of aryl methyl sites for hydroxylation is 3.